The Balaban J connectivity index is 2.30. The molecule has 1 unspecified atom stereocenters. The number of aldehydes is 1. The van der Waals surface area contributed by atoms with Crippen LogP contribution in [0.4, 0.5) is 4.39 Å². The third kappa shape index (κ3) is 2.07. The number of alkyl halides is 1. The van der Waals surface area contributed by atoms with E-state index in [2.05, 4.69) is 5.32 Å². The second kappa shape index (κ2) is 4.11. The number of nitrogens with one attached hydrogen (secondary N) is 1. The average molecular weight is 207 g/mol. The molecule has 0 aliphatic carbocycles. The summed E-state index contributed by atoms with van der Waals surface area (Å²) in [6, 6.07) is 6.81. The largest absolute Gasteiger partial charge is 0.313 e. The van der Waals surface area contributed by atoms with Crippen molar-refractivity contribution in [2.75, 3.05) is 13.1 Å². The molecule has 1 aliphatic rings. The Bertz CT molecular complexity index is 358. The van der Waals surface area contributed by atoms with Crippen LogP contribution in [0, 0.1) is 0 Å². The molecule has 3 heteroatoms. The first-order valence-corrected chi connectivity index (χ1v) is 5.20. The Morgan fingerprint density at radius 1 is 1.47 bits per heavy atom. The smallest absolute Gasteiger partial charge is 0.150 e. The van der Waals surface area contributed by atoms with Crippen molar-refractivity contribution in [2.24, 2.45) is 0 Å². The fourth-order valence-electron chi connectivity index (χ4n) is 2.01. The standard InChI is InChI=1S/C12H14FNO/c13-12(5-2-6-14-9-12)11-4-1-3-10(7-11)8-15/h1,3-4,7-8,14H,2,5-6,9H2. The lowest BCUT2D eigenvalue weighted by Gasteiger charge is -2.30. The molecule has 1 saturated heterocycles. The summed E-state index contributed by atoms with van der Waals surface area (Å²) in [5.74, 6) is 0. The molecule has 1 aromatic rings. The average Bonchev–Trinajstić information content (AvgIpc) is 2.30. The number of halogens is 1. The first-order valence-electron chi connectivity index (χ1n) is 5.20. The fraction of sp³-hybridized carbons (Fsp3) is 0.417. The lowest BCUT2D eigenvalue weighted by Crippen LogP contribution is -2.40. The molecular formula is C12H14FNO. The summed E-state index contributed by atoms with van der Waals surface area (Å²) in [5, 5.41) is 3.05. The zero-order valence-electron chi connectivity index (χ0n) is 8.50. The van der Waals surface area contributed by atoms with Crippen LogP contribution in [0.5, 0.6) is 0 Å². The molecule has 1 N–H and O–H groups in total. The molecule has 0 saturated carbocycles. The quantitative estimate of drug-likeness (QED) is 0.752. The Morgan fingerprint density at radius 2 is 2.33 bits per heavy atom. The third-order valence-corrected chi connectivity index (χ3v) is 2.87. The normalized spacial score (nSPS) is 26.2. The minimum atomic E-state index is -1.31. The summed E-state index contributed by atoms with van der Waals surface area (Å²) >= 11 is 0. The molecule has 1 aromatic carbocycles. The van der Waals surface area contributed by atoms with Crippen molar-refractivity contribution in [1.29, 1.82) is 0 Å². The number of rotatable bonds is 2. The van der Waals surface area contributed by atoms with Gasteiger partial charge in [0.2, 0.25) is 0 Å². The highest BCUT2D eigenvalue weighted by Gasteiger charge is 2.33. The summed E-state index contributed by atoms with van der Waals surface area (Å²) < 4.78 is 14.4. The van der Waals surface area contributed by atoms with E-state index >= 15 is 0 Å². The van der Waals surface area contributed by atoms with Gasteiger partial charge in [-0.3, -0.25) is 4.79 Å². The molecule has 15 heavy (non-hydrogen) atoms. The van der Waals surface area contributed by atoms with Crippen LogP contribution in [0.15, 0.2) is 24.3 Å². The Kier molecular flexibility index (Phi) is 2.82. The fourth-order valence-corrected chi connectivity index (χ4v) is 2.01. The van der Waals surface area contributed by atoms with E-state index in [0.29, 0.717) is 24.1 Å². The summed E-state index contributed by atoms with van der Waals surface area (Å²) in [4.78, 5) is 10.6. The van der Waals surface area contributed by atoms with E-state index in [1.165, 1.54) is 0 Å². The lowest BCUT2D eigenvalue weighted by atomic mass is 9.88. The van der Waals surface area contributed by atoms with Gasteiger partial charge in [0.1, 0.15) is 12.0 Å². The highest BCUT2D eigenvalue weighted by atomic mass is 19.1. The van der Waals surface area contributed by atoms with Gasteiger partial charge in [-0.1, -0.05) is 18.2 Å². The molecule has 0 aromatic heterocycles. The molecule has 0 bridgehead atoms. The van der Waals surface area contributed by atoms with E-state index in [4.69, 9.17) is 0 Å². The highest BCUT2D eigenvalue weighted by Crippen LogP contribution is 2.32. The van der Waals surface area contributed by atoms with Crippen molar-refractivity contribution in [1.82, 2.24) is 5.32 Å². The number of carbonyl (C=O) groups is 1. The van der Waals surface area contributed by atoms with Gasteiger partial charge in [-0.2, -0.15) is 0 Å². The maximum Gasteiger partial charge on any atom is 0.150 e. The van der Waals surface area contributed by atoms with Gasteiger partial charge in [-0.15, -0.1) is 0 Å². The van der Waals surface area contributed by atoms with Crippen molar-refractivity contribution >= 4 is 6.29 Å². The maximum absolute atomic E-state index is 14.4. The Morgan fingerprint density at radius 3 is 3.00 bits per heavy atom. The van der Waals surface area contributed by atoms with E-state index < -0.39 is 5.67 Å². The van der Waals surface area contributed by atoms with Crippen LogP contribution < -0.4 is 5.32 Å². The SMILES string of the molecule is O=Cc1cccc(C2(F)CCCNC2)c1. The molecular weight excluding hydrogens is 193 g/mol. The van der Waals surface area contributed by atoms with Crippen molar-refractivity contribution in [3.8, 4) is 0 Å². The van der Waals surface area contributed by atoms with Gasteiger partial charge >= 0.3 is 0 Å². The molecule has 1 fully saturated rings. The number of hydrogen-bond acceptors (Lipinski definition) is 2. The van der Waals surface area contributed by atoms with Gasteiger partial charge in [0.05, 0.1) is 0 Å². The number of hydrogen-bond donors (Lipinski definition) is 1. The number of piperidine rings is 1. The van der Waals surface area contributed by atoms with Gasteiger partial charge in [-0.25, -0.2) is 4.39 Å². The molecule has 0 amide bonds. The van der Waals surface area contributed by atoms with Crippen LogP contribution in [-0.2, 0) is 5.67 Å². The van der Waals surface area contributed by atoms with Crippen molar-refractivity contribution < 1.29 is 9.18 Å². The first kappa shape index (κ1) is 10.3. The summed E-state index contributed by atoms with van der Waals surface area (Å²) in [6.07, 6.45) is 2.12. The van der Waals surface area contributed by atoms with Crippen LogP contribution in [0.3, 0.4) is 0 Å². The summed E-state index contributed by atoms with van der Waals surface area (Å²) in [5.41, 5.74) is -0.161. The summed E-state index contributed by atoms with van der Waals surface area (Å²) in [7, 11) is 0. The maximum atomic E-state index is 14.4. The number of carbonyl (C=O) groups excluding carboxylic acids is 1. The first-order chi connectivity index (χ1) is 7.24. The van der Waals surface area contributed by atoms with Gasteiger partial charge in [0.15, 0.2) is 0 Å². The monoisotopic (exact) mass is 207 g/mol. The van der Waals surface area contributed by atoms with Crippen molar-refractivity contribution in [3.63, 3.8) is 0 Å². The molecule has 1 atom stereocenters. The van der Waals surface area contributed by atoms with Gasteiger partial charge < -0.3 is 5.32 Å². The second-order valence-electron chi connectivity index (χ2n) is 3.99. The minimum Gasteiger partial charge on any atom is -0.313 e. The lowest BCUT2D eigenvalue weighted by molar-refractivity contribution is 0.112. The van der Waals surface area contributed by atoms with Gasteiger partial charge in [0, 0.05) is 12.1 Å². The molecule has 2 rings (SSSR count). The highest BCUT2D eigenvalue weighted by molar-refractivity contribution is 5.75. The van der Waals surface area contributed by atoms with Crippen molar-refractivity contribution in [3.05, 3.63) is 35.4 Å². The predicted molar refractivity (Wildman–Crippen MR) is 56.7 cm³/mol. The minimum absolute atomic E-state index is 0.343. The van der Waals surface area contributed by atoms with Crippen LogP contribution in [0.25, 0.3) is 0 Å². The third-order valence-electron chi connectivity index (χ3n) is 2.87. The summed E-state index contributed by atoms with van der Waals surface area (Å²) in [6.45, 7) is 1.22. The van der Waals surface area contributed by atoms with E-state index in [-0.39, 0.29) is 0 Å². The van der Waals surface area contributed by atoms with Gasteiger partial charge in [0.25, 0.3) is 0 Å². The zero-order chi connectivity index (χ0) is 10.7. The van der Waals surface area contributed by atoms with E-state index in [1.807, 2.05) is 0 Å². The van der Waals surface area contributed by atoms with E-state index in [0.717, 1.165) is 19.3 Å². The second-order valence-corrected chi connectivity index (χ2v) is 3.99. The molecule has 1 heterocycles. The molecule has 80 valence electrons. The Hall–Kier alpha value is -1.22. The predicted octanol–water partition coefficient (Wildman–Crippen LogP) is 2.05. The molecule has 1 aliphatic heterocycles. The number of benzene rings is 1. The van der Waals surface area contributed by atoms with Crippen LogP contribution in [0.1, 0.15) is 28.8 Å². The Labute approximate surface area is 88.5 Å². The van der Waals surface area contributed by atoms with Crippen LogP contribution in [-0.4, -0.2) is 19.4 Å². The zero-order valence-corrected chi connectivity index (χ0v) is 8.50. The van der Waals surface area contributed by atoms with Crippen molar-refractivity contribution in [2.45, 2.75) is 18.5 Å². The van der Waals surface area contributed by atoms with Gasteiger partial charge in [-0.05, 0) is 31.0 Å². The van der Waals surface area contributed by atoms with E-state index in [9.17, 15) is 9.18 Å². The van der Waals surface area contributed by atoms with E-state index in [1.54, 1.807) is 24.3 Å². The molecule has 0 radical (unpaired) electrons. The molecule has 2 nitrogen and oxygen atoms in total. The van der Waals surface area contributed by atoms with Crippen LogP contribution >= 0.6 is 0 Å². The van der Waals surface area contributed by atoms with Crippen LogP contribution in [0.2, 0.25) is 0 Å². The molecule has 0 spiro atoms. The topological polar surface area (TPSA) is 29.1 Å².